The molecule has 166 valence electrons. The predicted octanol–water partition coefficient (Wildman–Crippen LogP) is 5.93. The van der Waals surface area contributed by atoms with Crippen molar-refractivity contribution >= 4 is 17.3 Å². The van der Waals surface area contributed by atoms with Gasteiger partial charge >= 0.3 is 0 Å². The summed E-state index contributed by atoms with van der Waals surface area (Å²) in [6.07, 6.45) is 5.47. The third-order valence-corrected chi connectivity index (χ3v) is 7.44. The lowest BCUT2D eigenvalue weighted by Crippen LogP contribution is -2.66. The van der Waals surface area contributed by atoms with E-state index in [9.17, 15) is 19.5 Å². The fourth-order valence-electron chi connectivity index (χ4n) is 5.23. The Hall–Kier alpha value is -1.97. The van der Waals surface area contributed by atoms with Gasteiger partial charge in [0.2, 0.25) is 0 Å². The fraction of sp³-hybridized carbons (Fsp3) is 0.654. The van der Waals surface area contributed by atoms with Crippen molar-refractivity contribution in [2.45, 2.75) is 81.6 Å². The quantitative estimate of drug-likeness (QED) is 0.332. The van der Waals surface area contributed by atoms with Crippen LogP contribution in [0.15, 0.2) is 34.6 Å². The van der Waals surface area contributed by atoms with Crippen LogP contribution in [0.2, 0.25) is 0 Å². The Morgan fingerprint density at radius 2 is 1.60 bits per heavy atom. The normalized spacial score (nSPS) is 30.4. The maximum atomic E-state index is 14.0. The highest BCUT2D eigenvalue weighted by molar-refractivity contribution is 6.32. The molecular weight excluding hydrogens is 376 g/mol. The van der Waals surface area contributed by atoms with Gasteiger partial charge in [-0.15, -0.1) is 0 Å². The molecule has 3 atom stereocenters. The lowest BCUT2D eigenvalue weighted by Gasteiger charge is -2.59. The molecule has 0 radical (unpaired) electrons. The minimum Gasteiger partial charge on any atom is -0.510 e. The van der Waals surface area contributed by atoms with Crippen molar-refractivity contribution in [2.75, 3.05) is 0 Å². The standard InChI is InChI=1S/C26H38O4/c1-15(2)10-11-18-14-25(9)21(28)19(20(27)17(5)6)22(29)26(23(25)30,24(18,7)8)13-12-16(3)4/h10,12,17-18,28H,11,13-14H2,1-9H3/t18-,25+,26-/m1/s1. The van der Waals surface area contributed by atoms with Crippen LogP contribution < -0.4 is 0 Å². The Morgan fingerprint density at radius 1 is 1.07 bits per heavy atom. The van der Waals surface area contributed by atoms with Gasteiger partial charge in [0, 0.05) is 5.92 Å². The highest BCUT2D eigenvalue weighted by atomic mass is 16.3. The number of aliphatic hydroxyl groups excluding tert-OH is 1. The van der Waals surface area contributed by atoms with E-state index in [1.54, 1.807) is 20.8 Å². The van der Waals surface area contributed by atoms with Crippen LogP contribution in [-0.2, 0) is 14.4 Å². The second-order valence-corrected chi connectivity index (χ2v) is 10.8. The first-order valence-corrected chi connectivity index (χ1v) is 11.0. The average molecular weight is 415 g/mol. The topological polar surface area (TPSA) is 71.4 Å². The van der Waals surface area contributed by atoms with Gasteiger partial charge in [-0.2, -0.15) is 0 Å². The molecule has 1 saturated carbocycles. The van der Waals surface area contributed by atoms with E-state index in [0.717, 1.165) is 12.0 Å². The van der Waals surface area contributed by atoms with Crippen molar-refractivity contribution in [2.24, 2.45) is 28.1 Å². The van der Waals surface area contributed by atoms with Gasteiger partial charge in [0.1, 0.15) is 16.7 Å². The molecule has 0 aromatic carbocycles. The summed E-state index contributed by atoms with van der Waals surface area (Å²) in [6, 6.07) is 0. The zero-order valence-electron chi connectivity index (χ0n) is 20.1. The first-order valence-electron chi connectivity index (χ1n) is 11.0. The molecule has 0 saturated heterocycles. The summed E-state index contributed by atoms with van der Waals surface area (Å²) in [4.78, 5) is 40.9. The number of carbonyl (C=O) groups excluding carboxylic acids is 3. The molecule has 30 heavy (non-hydrogen) atoms. The average Bonchev–Trinajstić information content (AvgIpc) is 2.62. The summed E-state index contributed by atoms with van der Waals surface area (Å²) >= 11 is 0. The number of fused-ring (bicyclic) bond motifs is 2. The van der Waals surface area contributed by atoms with Crippen molar-refractivity contribution < 1.29 is 19.5 Å². The fourth-order valence-corrected chi connectivity index (χ4v) is 5.23. The number of hydrogen-bond donors (Lipinski definition) is 1. The van der Waals surface area contributed by atoms with Crippen LogP contribution in [0.4, 0.5) is 0 Å². The van der Waals surface area contributed by atoms with E-state index in [0.29, 0.717) is 6.42 Å². The monoisotopic (exact) mass is 414 g/mol. The van der Waals surface area contributed by atoms with Crippen LogP contribution in [0.3, 0.4) is 0 Å². The number of aliphatic hydroxyl groups is 1. The molecule has 0 aromatic heterocycles. The van der Waals surface area contributed by atoms with Crippen LogP contribution in [0.5, 0.6) is 0 Å². The molecule has 0 aliphatic heterocycles. The van der Waals surface area contributed by atoms with Crippen molar-refractivity contribution in [3.05, 3.63) is 34.6 Å². The van der Waals surface area contributed by atoms with Gasteiger partial charge in [0.25, 0.3) is 0 Å². The summed E-state index contributed by atoms with van der Waals surface area (Å²) in [5.41, 5.74) is -1.20. The van der Waals surface area contributed by atoms with E-state index in [-0.39, 0.29) is 35.2 Å². The molecule has 2 aliphatic carbocycles. The summed E-state index contributed by atoms with van der Waals surface area (Å²) in [7, 11) is 0. The molecule has 0 unspecified atom stereocenters. The van der Waals surface area contributed by atoms with E-state index in [1.165, 1.54) is 5.57 Å². The van der Waals surface area contributed by atoms with E-state index >= 15 is 0 Å². The van der Waals surface area contributed by atoms with Gasteiger partial charge in [-0.1, -0.05) is 51.0 Å². The number of hydrogen-bond acceptors (Lipinski definition) is 4. The highest BCUT2D eigenvalue weighted by Gasteiger charge is 2.71. The summed E-state index contributed by atoms with van der Waals surface area (Å²) in [5.74, 6) is -1.85. The number of Topliss-reactive ketones (excluding diaryl/α,β-unsaturated/α-hetero) is 3. The molecule has 4 heteroatoms. The number of ketones is 3. The Bertz CT molecular complexity index is 859. The number of rotatable bonds is 6. The number of carbonyl (C=O) groups is 3. The molecule has 1 fully saturated rings. The molecule has 2 bridgehead atoms. The summed E-state index contributed by atoms with van der Waals surface area (Å²) in [6.45, 7) is 17.1. The highest BCUT2D eigenvalue weighted by Crippen LogP contribution is 2.65. The maximum Gasteiger partial charge on any atom is 0.184 e. The maximum absolute atomic E-state index is 14.0. The molecule has 0 amide bonds. The third kappa shape index (κ3) is 3.42. The zero-order valence-corrected chi connectivity index (χ0v) is 20.1. The van der Waals surface area contributed by atoms with Crippen molar-refractivity contribution in [3.63, 3.8) is 0 Å². The Kier molecular flexibility index (Phi) is 6.43. The SMILES string of the molecule is CC(C)=CC[C@@H]1C[C@]2(C)C(=O)[C@@](CC=C(C)C)(C(=O)C(C(=O)C(C)C)=C2O)C1(C)C. The Labute approximate surface area is 181 Å². The van der Waals surface area contributed by atoms with Crippen LogP contribution in [0, 0.1) is 28.1 Å². The van der Waals surface area contributed by atoms with Crippen LogP contribution in [0.1, 0.15) is 81.6 Å². The molecule has 0 aromatic rings. The molecule has 0 spiro atoms. The van der Waals surface area contributed by atoms with E-state index in [1.807, 2.05) is 47.6 Å². The van der Waals surface area contributed by atoms with Crippen molar-refractivity contribution in [1.82, 2.24) is 0 Å². The second kappa shape index (κ2) is 7.94. The molecule has 0 heterocycles. The molecule has 1 N–H and O–H groups in total. The third-order valence-electron chi connectivity index (χ3n) is 7.44. The smallest absolute Gasteiger partial charge is 0.184 e. The minimum absolute atomic E-state index is 0.0162. The van der Waals surface area contributed by atoms with Crippen LogP contribution in [-0.4, -0.2) is 22.5 Å². The number of allylic oxidation sites excluding steroid dienone is 6. The van der Waals surface area contributed by atoms with Gasteiger partial charge in [0.15, 0.2) is 17.3 Å². The van der Waals surface area contributed by atoms with E-state index in [2.05, 4.69) is 6.08 Å². The van der Waals surface area contributed by atoms with Crippen molar-refractivity contribution in [1.29, 1.82) is 0 Å². The van der Waals surface area contributed by atoms with Gasteiger partial charge < -0.3 is 5.11 Å². The first-order chi connectivity index (χ1) is 13.6. The molecule has 2 aliphatic rings. The summed E-state index contributed by atoms with van der Waals surface area (Å²) in [5, 5.41) is 11.1. The largest absolute Gasteiger partial charge is 0.510 e. The lowest BCUT2D eigenvalue weighted by molar-refractivity contribution is -0.170. The predicted molar refractivity (Wildman–Crippen MR) is 120 cm³/mol. The van der Waals surface area contributed by atoms with Gasteiger partial charge in [-0.05, 0) is 65.2 Å². The van der Waals surface area contributed by atoms with Crippen LogP contribution in [0.25, 0.3) is 0 Å². The minimum atomic E-state index is -1.36. The molecule has 2 rings (SSSR count). The lowest BCUT2D eigenvalue weighted by atomic mass is 9.40. The Balaban J connectivity index is 2.87. The van der Waals surface area contributed by atoms with Crippen molar-refractivity contribution in [3.8, 4) is 0 Å². The second-order valence-electron chi connectivity index (χ2n) is 10.8. The zero-order chi connectivity index (χ0) is 23.2. The van der Waals surface area contributed by atoms with Gasteiger partial charge in [-0.25, -0.2) is 0 Å². The van der Waals surface area contributed by atoms with E-state index in [4.69, 9.17) is 0 Å². The summed E-state index contributed by atoms with van der Waals surface area (Å²) < 4.78 is 0. The van der Waals surface area contributed by atoms with Gasteiger partial charge in [0.05, 0.1) is 5.41 Å². The molecule has 4 nitrogen and oxygen atoms in total. The first kappa shape index (κ1) is 24.3. The van der Waals surface area contributed by atoms with Crippen LogP contribution >= 0.6 is 0 Å². The molecular formula is C26H38O4. The van der Waals surface area contributed by atoms with E-state index < -0.39 is 27.9 Å². The van der Waals surface area contributed by atoms with Gasteiger partial charge in [-0.3, -0.25) is 14.4 Å². The Morgan fingerprint density at radius 3 is 2.07 bits per heavy atom.